The number of hydrogen-bond acceptors (Lipinski definition) is 4. The fraction of sp³-hybridized carbons (Fsp3) is 0.333. The zero-order valence-corrected chi connectivity index (χ0v) is 15.2. The van der Waals surface area contributed by atoms with E-state index in [0.29, 0.717) is 29.5 Å². The van der Waals surface area contributed by atoms with Crippen molar-refractivity contribution in [1.29, 1.82) is 0 Å². The molecule has 0 N–H and O–H groups in total. The highest BCUT2D eigenvalue weighted by Crippen LogP contribution is 2.33. The van der Waals surface area contributed by atoms with Gasteiger partial charge >= 0.3 is 5.63 Å². The van der Waals surface area contributed by atoms with Crippen molar-refractivity contribution >= 4 is 38.2 Å². The predicted octanol–water partition coefficient (Wildman–Crippen LogP) is 3.37. The van der Waals surface area contributed by atoms with Gasteiger partial charge in [0, 0.05) is 11.1 Å². The minimum atomic E-state index is -0.689. The smallest absolute Gasteiger partial charge is 0.345 e. The second kappa shape index (κ2) is 6.65. The van der Waals surface area contributed by atoms with Gasteiger partial charge in [-0.1, -0.05) is 0 Å². The number of fused-ring (bicyclic) bond motifs is 3. The molecule has 3 aromatic rings. The molecule has 0 saturated heterocycles. The molecular weight excluding hydrogens is 345 g/mol. The molecule has 0 spiro atoms. The first kappa shape index (κ1) is 17.7. The first-order valence-corrected chi connectivity index (χ1v) is 10.8. The van der Waals surface area contributed by atoms with Gasteiger partial charge in [0.05, 0.1) is 23.2 Å². The standard InChI is InChI=1S/C18H20FNO4S/c1-25(2,3)7-6-23-11-20-13(10-21)9-15-17(20)14-8-12(19)4-5-16(14)24-18(15)22/h4-5,8-10H,6-7,11H2,1-3H3. The maximum absolute atomic E-state index is 13.7. The molecule has 2 aromatic heterocycles. The normalized spacial score (nSPS) is 12.8. The van der Waals surface area contributed by atoms with Crippen LogP contribution in [-0.2, 0) is 11.5 Å². The van der Waals surface area contributed by atoms with Crippen molar-refractivity contribution in [2.75, 3.05) is 31.1 Å². The Bertz CT molecular complexity index is 1000. The summed E-state index contributed by atoms with van der Waals surface area (Å²) in [4.78, 5) is 23.6. The van der Waals surface area contributed by atoms with Crippen LogP contribution in [0.5, 0.6) is 0 Å². The second-order valence-electron chi connectivity index (χ2n) is 6.74. The minimum Gasteiger partial charge on any atom is -0.422 e. The van der Waals surface area contributed by atoms with Crippen LogP contribution in [0.15, 0.2) is 33.5 Å². The van der Waals surface area contributed by atoms with E-state index < -0.39 is 21.5 Å². The average Bonchev–Trinajstić information content (AvgIpc) is 2.91. The Hall–Kier alpha value is -2.12. The molecular formula is C18H20FNO4S. The molecule has 0 fully saturated rings. The third-order valence-electron chi connectivity index (χ3n) is 3.93. The number of carbonyl (C=O) groups excluding carboxylic acids is 1. The van der Waals surface area contributed by atoms with Crippen molar-refractivity contribution in [3.05, 3.63) is 46.2 Å². The monoisotopic (exact) mass is 365 g/mol. The molecule has 0 unspecified atom stereocenters. The summed E-state index contributed by atoms with van der Waals surface area (Å²) < 4.78 is 26.2. The number of benzene rings is 1. The van der Waals surface area contributed by atoms with E-state index in [1.807, 2.05) is 0 Å². The van der Waals surface area contributed by atoms with Crippen LogP contribution in [0.4, 0.5) is 4.39 Å². The van der Waals surface area contributed by atoms with E-state index in [9.17, 15) is 14.0 Å². The van der Waals surface area contributed by atoms with Crippen LogP contribution in [0.3, 0.4) is 0 Å². The van der Waals surface area contributed by atoms with Crippen molar-refractivity contribution in [2.45, 2.75) is 6.73 Å². The Morgan fingerprint density at radius 2 is 2.00 bits per heavy atom. The molecule has 25 heavy (non-hydrogen) atoms. The molecule has 0 aliphatic rings. The Kier molecular flexibility index (Phi) is 4.71. The molecule has 0 amide bonds. The Morgan fingerprint density at radius 1 is 1.24 bits per heavy atom. The van der Waals surface area contributed by atoms with Crippen LogP contribution in [0.2, 0.25) is 0 Å². The summed E-state index contributed by atoms with van der Waals surface area (Å²) in [6.07, 6.45) is 7.24. The fourth-order valence-electron chi connectivity index (χ4n) is 2.65. The lowest BCUT2D eigenvalue weighted by Gasteiger charge is -2.24. The van der Waals surface area contributed by atoms with Crippen molar-refractivity contribution in [3.8, 4) is 0 Å². The first-order chi connectivity index (χ1) is 11.8. The van der Waals surface area contributed by atoms with Gasteiger partial charge in [-0.2, -0.15) is 0 Å². The first-order valence-electron chi connectivity index (χ1n) is 7.75. The van der Waals surface area contributed by atoms with Gasteiger partial charge in [-0.05, 0) is 43.0 Å². The van der Waals surface area contributed by atoms with Crippen LogP contribution in [0.25, 0.3) is 21.9 Å². The lowest BCUT2D eigenvalue weighted by Crippen LogP contribution is -2.12. The molecule has 3 rings (SSSR count). The Morgan fingerprint density at radius 3 is 2.68 bits per heavy atom. The van der Waals surface area contributed by atoms with Crippen molar-refractivity contribution in [2.24, 2.45) is 0 Å². The summed E-state index contributed by atoms with van der Waals surface area (Å²) in [6, 6.07) is 5.39. The summed E-state index contributed by atoms with van der Waals surface area (Å²) >= 11 is 0. The zero-order valence-electron chi connectivity index (χ0n) is 14.4. The van der Waals surface area contributed by atoms with Gasteiger partial charge < -0.3 is 13.7 Å². The van der Waals surface area contributed by atoms with E-state index >= 15 is 0 Å². The zero-order chi connectivity index (χ0) is 18.2. The molecule has 0 atom stereocenters. The molecule has 0 bridgehead atoms. The number of aldehydes is 1. The quantitative estimate of drug-likeness (QED) is 0.382. The van der Waals surface area contributed by atoms with Crippen LogP contribution in [0.1, 0.15) is 10.5 Å². The molecule has 7 heteroatoms. The Balaban J connectivity index is 2.09. The van der Waals surface area contributed by atoms with Crippen molar-refractivity contribution in [3.63, 3.8) is 0 Å². The summed E-state index contributed by atoms with van der Waals surface area (Å²) in [7, 11) is -0.689. The highest BCUT2D eigenvalue weighted by Gasteiger charge is 2.17. The lowest BCUT2D eigenvalue weighted by atomic mass is 10.2. The van der Waals surface area contributed by atoms with Gasteiger partial charge in [0.1, 0.15) is 18.1 Å². The summed E-state index contributed by atoms with van der Waals surface area (Å²) in [5.41, 5.74) is 0.461. The number of hydrogen-bond donors (Lipinski definition) is 0. The molecule has 134 valence electrons. The number of ether oxygens (including phenoxy) is 1. The number of halogens is 1. The molecule has 2 heterocycles. The maximum atomic E-state index is 13.7. The number of aromatic nitrogens is 1. The van der Waals surface area contributed by atoms with E-state index in [2.05, 4.69) is 18.8 Å². The average molecular weight is 365 g/mol. The summed E-state index contributed by atoms with van der Waals surface area (Å²) in [5, 5.41) is 0.679. The van der Waals surface area contributed by atoms with Crippen molar-refractivity contribution < 1.29 is 18.3 Å². The van der Waals surface area contributed by atoms with E-state index in [1.165, 1.54) is 24.3 Å². The van der Waals surface area contributed by atoms with Gasteiger partial charge in [0.25, 0.3) is 0 Å². The minimum absolute atomic E-state index is 0.113. The molecule has 0 saturated carbocycles. The van der Waals surface area contributed by atoms with Gasteiger partial charge in [0.2, 0.25) is 0 Å². The van der Waals surface area contributed by atoms with Gasteiger partial charge in [-0.25, -0.2) is 19.2 Å². The molecule has 0 aliphatic heterocycles. The number of carbonyl (C=O) groups is 1. The van der Waals surface area contributed by atoms with Crippen LogP contribution < -0.4 is 5.63 Å². The number of rotatable bonds is 6. The largest absolute Gasteiger partial charge is 0.422 e. The van der Waals surface area contributed by atoms with E-state index in [0.717, 1.165) is 5.75 Å². The maximum Gasteiger partial charge on any atom is 0.345 e. The highest BCUT2D eigenvalue weighted by atomic mass is 32.3. The van der Waals surface area contributed by atoms with E-state index in [1.54, 1.807) is 4.57 Å². The van der Waals surface area contributed by atoms with Gasteiger partial charge in [-0.3, -0.25) is 4.79 Å². The molecule has 0 radical (unpaired) electrons. The molecule has 0 aliphatic carbocycles. The predicted molar refractivity (Wildman–Crippen MR) is 99.5 cm³/mol. The van der Waals surface area contributed by atoms with Gasteiger partial charge in [0.15, 0.2) is 6.29 Å². The highest BCUT2D eigenvalue weighted by molar-refractivity contribution is 8.32. The third-order valence-corrected chi connectivity index (χ3v) is 5.32. The van der Waals surface area contributed by atoms with Crippen LogP contribution >= 0.6 is 10.0 Å². The Labute approximate surface area is 145 Å². The summed E-state index contributed by atoms with van der Waals surface area (Å²) in [6.45, 7) is 0.659. The number of nitrogens with zero attached hydrogens (tertiary/aromatic N) is 1. The van der Waals surface area contributed by atoms with Gasteiger partial charge in [-0.15, -0.1) is 0 Å². The third kappa shape index (κ3) is 3.62. The second-order valence-corrected chi connectivity index (χ2v) is 11.3. The topological polar surface area (TPSA) is 61.4 Å². The fourth-order valence-corrected chi connectivity index (χ4v) is 3.27. The molecule has 1 aromatic carbocycles. The summed E-state index contributed by atoms with van der Waals surface area (Å²) in [5.74, 6) is 0.487. The van der Waals surface area contributed by atoms with E-state index in [4.69, 9.17) is 9.15 Å². The van der Waals surface area contributed by atoms with Crippen LogP contribution in [-0.4, -0.2) is 42.0 Å². The van der Waals surface area contributed by atoms with Crippen molar-refractivity contribution in [1.82, 2.24) is 4.57 Å². The SMILES string of the molecule is CS(C)(C)CCOCn1c(C=O)cc2c(=O)oc3ccc(F)cc3c21. The lowest BCUT2D eigenvalue weighted by molar-refractivity contribution is 0.0885. The van der Waals surface area contributed by atoms with E-state index in [-0.39, 0.29) is 17.7 Å². The van der Waals surface area contributed by atoms with Crippen LogP contribution in [0, 0.1) is 5.82 Å². The molecule has 5 nitrogen and oxygen atoms in total.